The molecule has 39 heavy (non-hydrogen) atoms. The smallest absolute Gasteiger partial charge is 0.326 e. The van der Waals surface area contributed by atoms with Crippen LogP contribution in [0.5, 0.6) is 0 Å². The number of benzene rings is 1. The minimum atomic E-state index is -1.56. The number of aliphatic carboxylic acids is 3. The highest BCUT2D eigenvalue weighted by Crippen LogP contribution is 2.13. The Morgan fingerprint density at radius 3 is 2.13 bits per heavy atom. The fourth-order valence-corrected chi connectivity index (χ4v) is 3.65. The van der Waals surface area contributed by atoms with Gasteiger partial charge in [-0.25, -0.2) is 14.3 Å². The number of hydrogen-bond donors (Lipinski definition) is 5. The van der Waals surface area contributed by atoms with Crippen molar-refractivity contribution in [1.29, 1.82) is 0 Å². The first-order valence-electron chi connectivity index (χ1n) is 12.4. The first-order valence-corrected chi connectivity index (χ1v) is 12.4. The summed E-state index contributed by atoms with van der Waals surface area (Å²) in [5.41, 5.74) is 2.53. The van der Waals surface area contributed by atoms with Crippen LogP contribution in [0.25, 0.3) is 5.69 Å². The average molecular weight is 550 g/mol. The Morgan fingerprint density at radius 2 is 1.51 bits per heavy atom. The van der Waals surface area contributed by atoms with Crippen molar-refractivity contribution in [2.45, 2.75) is 69.9 Å². The molecule has 2 rings (SSSR count). The van der Waals surface area contributed by atoms with Gasteiger partial charge in [-0.2, -0.15) is 0 Å². The first kappa shape index (κ1) is 30.9. The van der Waals surface area contributed by atoms with Gasteiger partial charge in [-0.05, 0) is 56.2 Å². The van der Waals surface area contributed by atoms with Crippen molar-refractivity contribution < 1.29 is 43.7 Å². The monoisotopic (exact) mass is 549 g/mol. The number of carboxylic acids is 3. The van der Waals surface area contributed by atoms with Crippen LogP contribution in [0.2, 0.25) is 0 Å². The molecule has 1 heterocycles. The molecule has 0 fully saturated rings. The summed E-state index contributed by atoms with van der Waals surface area (Å²) in [6.07, 6.45) is 2.90. The molecule has 14 heteroatoms. The molecule has 2 aromatic rings. The van der Waals surface area contributed by atoms with Gasteiger partial charge in [0.2, 0.25) is 11.8 Å². The number of hydrogen-bond acceptors (Lipinski definition) is 7. The molecule has 0 aliphatic heterocycles. The van der Waals surface area contributed by atoms with E-state index in [2.05, 4.69) is 20.9 Å². The molecular weight excluding hydrogens is 517 g/mol. The van der Waals surface area contributed by atoms with Gasteiger partial charge in [0, 0.05) is 12.8 Å². The number of halogens is 1. The average Bonchev–Trinajstić information content (AvgIpc) is 3.36. The van der Waals surface area contributed by atoms with Crippen molar-refractivity contribution in [2.75, 3.05) is 6.67 Å². The second kappa shape index (κ2) is 15.8. The third kappa shape index (κ3) is 11.3. The van der Waals surface area contributed by atoms with Crippen LogP contribution in [0.1, 0.15) is 56.2 Å². The van der Waals surface area contributed by atoms with Gasteiger partial charge in [-0.1, -0.05) is 17.3 Å². The van der Waals surface area contributed by atoms with Crippen molar-refractivity contribution in [3.63, 3.8) is 0 Å². The summed E-state index contributed by atoms with van der Waals surface area (Å²) in [6, 6.07) is 4.52. The van der Waals surface area contributed by atoms with E-state index in [0.717, 1.165) is 11.3 Å². The molecule has 2 unspecified atom stereocenters. The van der Waals surface area contributed by atoms with Crippen LogP contribution in [0.4, 0.5) is 4.39 Å². The third-order valence-corrected chi connectivity index (χ3v) is 5.73. The molecule has 0 saturated heterocycles. The van der Waals surface area contributed by atoms with Crippen molar-refractivity contribution in [3.8, 4) is 5.69 Å². The quantitative estimate of drug-likeness (QED) is 0.169. The molecule has 212 valence electrons. The van der Waals surface area contributed by atoms with Gasteiger partial charge in [-0.3, -0.25) is 18.8 Å². The van der Waals surface area contributed by atoms with Gasteiger partial charge in [-0.15, -0.1) is 5.10 Å². The number of nitrogens with zero attached hydrogens (tertiary/aromatic N) is 3. The molecule has 0 spiro atoms. The first-order chi connectivity index (χ1) is 18.6. The van der Waals surface area contributed by atoms with E-state index < -0.39 is 61.3 Å². The van der Waals surface area contributed by atoms with Gasteiger partial charge >= 0.3 is 17.9 Å². The number of rotatable bonds is 18. The third-order valence-electron chi connectivity index (χ3n) is 5.73. The maximum absolute atomic E-state index is 12.3. The number of alkyl halides is 1. The van der Waals surface area contributed by atoms with E-state index in [1.54, 1.807) is 10.9 Å². The zero-order chi connectivity index (χ0) is 28.8. The molecule has 13 nitrogen and oxygen atoms in total. The van der Waals surface area contributed by atoms with Crippen molar-refractivity contribution in [3.05, 3.63) is 41.7 Å². The van der Waals surface area contributed by atoms with Crippen LogP contribution in [0.15, 0.2) is 30.5 Å². The maximum atomic E-state index is 12.3. The van der Waals surface area contributed by atoms with E-state index in [0.29, 0.717) is 37.8 Å². The Morgan fingerprint density at radius 1 is 0.846 bits per heavy atom. The molecule has 2 atom stereocenters. The van der Waals surface area contributed by atoms with E-state index in [1.165, 1.54) is 0 Å². The molecule has 0 aliphatic rings. The number of carbonyl (C=O) groups is 5. The van der Waals surface area contributed by atoms with Crippen LogP contribution >= 0.6 is 0 Å². The maximum Gasteiger partial charge on any atom is 0.326 e. The zero-order valence-corrected chi connectivity index (χ0v) is 21.2. The summed E-state index contributed by atoms with van der Waals surface area (Å²) >= 11 is 0. The van der Waals surface area contributed by atoms with Gasteiger partial charge < -0.3 is 26.0 Å². The van der Waals surface area contributed by atoms with Crippen molar-refractivity contribution in [2.24, 2.45) is 0 Å². The predicted molar refractivity (Wildman–Crippen MR) is 134 cm³/mol. The Bertz CT molecular complexity index is 1140. The molecule has 2 amide bonds. The van der Waals surface area contributed by atoms with Gasteiger partial charge in [0.05, 0.1) is 30.7 Å². The number of carboxylic acid groups (broad SMARTS) is 3. The fraction of sp³-hybridized carbons (Fsp3) is 0.480. The van der Waals surface area contributed by atoms with Crippen molar-refractivity contribution in [1.82, 2.24) is 25.6 Å². The van der Waals surface area contributed by atoms with E-state index in [1.807, 2.05) is 24.3 Å². The molecule has 0 aliphatic carbocycles. The summed E-state index contributed by atoms with van der Waals surface area (Å²) in [4.78, 5) is 57.7. The number of carbonyl (C=O) groups excluding carboxylic acids is 2. The van der Waals surface area contributed by atoms with Crippen LogP contribution in [-0.2, 0) is 36.8 Å². The van der Waals surface area contributed by atoms with E-state index >= 15 is 0 Å². The van der Waals surface area contributed by atoms with Gasteiger partial charge in [0.1, 0.15) is 12.1 Å². The number of aryl methyl sites for hydroxylation is 2. The highest BCUT2D eigenvalue weighted by atomic mass is 19.1. The topological polar surface area (TPSA) is 201 Å². The fourth-order valence-electron chi connectivity index (χ4n) is 3.65. The van der Waals surface area contributed by atoms with Crippen LogP contribution in [-0.4, -0.2) is 78.8 Å². The standard InChI is InChI=1S/C25H32FN5O8/c26-13-3-5-17-15-31(30-29-17)18-9-7-16(8-10-18)4-1-2-6-21(32)28-20(25(38)39)14-22(33)27-19(24(36)37)11-12-23(34)35/h7-10,15,19-20H,1-6,11-14H2,(H,27,33)(H,28,32)(H,34,35)(H,36,37)(H,38,39). The summed E-state index contributed by atoms with van der Waals surface area (Å²) in [5.74, 6) is -5.66. The Kier molecular flexibility index (Phi) is 12.5. The highest BCUT2D eigenvalue weighted by Gasteiger charge is 2.26. The predicted octanol–water partition coefficient (Wildman–Crippen LogP) is 1.28. The molecule has 0 radical (unpaired) electrons. The van der Waals surface area contributed by atoms with Crippen molar-refractivity contribution >= 4 is 29.7 Å². The molecule has 0 bridgehead atoms. The number of nitrogens with one attached hydrogen (secondary N) is 2. The summed E-state index contributed by atoms with van der Waals surface area (Å²) in [7, 11) is 0. The molecule has 1 aromatic carbocycles. The largest absolute Gasteiger partial charge is 0.481 e. The molecule has 5 N–H and O–H groups in total. The van der Waals surface area contributed by atoms with Gasteiger partial charge in [0.15, 0.2) is 0 Å². The van der Waals surface area contributed by atoms with E-state index in [9.17, 15) is 33.5 Å². The second-order valence-corrected chi connectivity index (χ2v) is 8.87. The van der Waals surface area contributed by atoms with Crippen LogP contribution < -0.4 is 10.6 Å². The number of aromatic nitrogens is 3. The molecule has 1 aromatic heterocycles. The summed E-state index contributed by atoms with van der Waals surface area (Å²) in [6.45, 7) is -0.410. The lowest BCUT2D eigenvalue weighted by molar-refractivity contribution is -0.145. The lowest BCUT2D eigenvalue weighted by atomic mass is 10.1. The van der Waals surface area contributed by atoms with Crippen LogP contribution in [0.3, 0.4) is 0 Å². The Balaban J connectivity index is 1.76. The SMILES string of the molecule is O=C(O)CCC(NC(=O)CC(NC(=O)CCCCc1ccc(-n2cc(CCCF)nn2)cc1)C(=O)O)C(=O)O. The normalized spacial score (nSPS) is 12.3. The number of amides is 2. The lowest BCUT2D eigenvalue weighted by Gasteiger charge is -2.17. The highest BCUT2D eigenvalue weighted by molar-refractivity contribution is 5.90. The number of unbranched alkanes of at least 4 members (excludes halogenated alkanes) is 1. The van der Waals surface area contributed by atoms with E-state index in [4.69, 9.17) is 10.2 Å². The molecule has 0 saturated carbocycles. The van der Waals surface area contributed by atoms with Crippen LogP contribution in [0, 0.1) is 0 Å². The minimum Gasteiger partial charge on any atom is -0.481 e. The van der Waals surface area contributed by atoms with E-state index in [-0.39, 0.29) is 12.8 Å². The minimum absolute atomic E-state index is 0.0282. The second-order valence-electron chi connectivity index (χ2n) is 8.87. The lowest BCUT2D eigenvalue weighted by Crippen LogP contribution is -2.47. The Labute approximate surface area is 223 Å². The summed E-state index contributed by atoms with van der Waals surface area (Å²) < 4.78 is 13.9. The Hall–Kier alpha value is -4.36. The molecular formula is C25H32FN5O8. The van der Waals surface area contributed by atoms with Gasteiger partial charge in [0.25, 0.3) is 0 Å². The zero-order valence-electron chi connectivity index (χ0n) is 21.2. The summed E-state index contributed by atoms with van der Waals surface area (Å²) in [5, 5.41) is 39.5.